The first kappa shape index (κ1) is 17.4. The summed E-state index contributed by atoms with van der Waals surface area (Å²) in [5, 5.41) is 0. The number of hydrogen-bond acceptors (Lipinski definition) is 5. The molecule has 6 nitrogen and oxygen atoms in total. The number of nitrogens with zero attached hydrogens (tertiary/aromatic N) is 2. The van der Waals surface area contributed by atoms with Gasteiger partial charge in [0.05, 0.1) is 20.3 Å². The quantitative estimate of drug-likeness (QED) is 0.920. The summed E-state index contributed by atoms with van der Waals surface area (Å²) in [6.45, 7) is 4.58. The second-order valence-corrected chi connectivity index (χ2v) is 5.96. The lowest BCUT2D eigenvalue weighted by Gasteiger charge is -2.27. The SMILES string of the molecule is COc1ccc(-c2cc(C(=O)N3CCOCC3)nc(C)c2CN)cc1. The number of ether oxygens (including phenoxy) is 2. The van der Waals surface area contributed by atoms with Gasteiger partial charge in [-0.05, 0) is 41.8 Å². The fourth-order valence-corrected chi connectivity index (χ4v) is 3.02. The van der Waals surface area contributed by atoms with Crippen molar-refractivity contribution in [3.63, 3.8) is 0 Å². The zero-order valence-corrected chi connectivity index (χ0v) is 14.6. The van der Waals surface area contributed by atoms with E-state index in [1.165, 1.54) is 0 Å². The van der Waals surface area contributed by atoms with E-state index in [2.05, 4.69) is 4.98 Å². The van der Waals surface area contributed by atoms with Gasteiger partial charge in [-0.15, -0.1) is 0 Å². The average molecular weight is 341 g/mol. The molecule has 1 fully saturated rings. The molecule has 6 heteroatoms. The molecule has 2 N–H and O–H groups in total. The third-order valence-corrected chi connectivity index (χ3v) is 4.45. The predicted octanol–water partition coefficient (Wildman–Crippen LogP) is 2.00. The summed E-state index contributed by atoms with van der Waals surface area (Å²) >= 11 is 0. The predicted molar refractivity (Wildman–Crippen MR) is 95.6 cm³/mol. The molecule has 1 aromatic carbocycles. The molecule has 1 aliphatic rings. The van der Waals surface area contributed by atoms with E-state index in [9.17, 15) is 4.79 Å². The molecule has 0 unspecified atom stereocenters. The Morgan fingerprint density at radius 1 is 1.28 bits per heavy atom. The van der Waals surface area contributed by atoms with Crippen molar-refractivity contribution in [1.82, 2.24) is 9.88 Å². The number of amides is 1. The van der Waals surface area contributed by atoms with Gasteiger partial charge in [0.25, 0.3) is 5.91 Å². The van der Waals surface area contributed by atoms with E-state index in [1.807, 2.05) is 37.3 Å². The van der Waals surface area contributed by atoms with Crippen molar-refractivity contribution in [3.8, 4) is 16.9 Å². The summed E-state index contributed by atoms with van der Waals surface area (Å²) < 4.78 is 10.5. The minimum Gasteiger partial charge on any atom is -0.497 e. The van der Waals surface area contributed by atoms with Gasteiger partial charge in [0.2, 0.25) is 0 Å². The maximum atomic E-state index is 12.8. The molecule has 0 atom stereocenters. The van der Waals surface area contributed by atoms with Gasteiger partial charge >= 0.3 is 0 Å². The van der Waals surface area contributed by atoms with Crippen LogP contribution in [0.5, 0.6) is 5.75 Å². The van der Waals surface area contributed by atoms with Crippen molar-refractivity contribution in [3.05, 3.63) is 47.3 Å². The first-order chi connectivity index (χ1) is 12.1. The van der Waals surface area contributed by atoms with Crippen molar-refractivity contribution in [2.24, 2.45) is 5.73 Å². The maximum absolute atomic E-state index is 12.8. The Labute approximate surface area is 147 Å². The number of morpholine rings is 1. The normalized spacial score (nSPS) is 14.4. The summed E-state index contributed by atoms with van der Waals surface area (Å²) in [5.74, 6) is 0.721. The van der Waals surface area contributed by atoms with Gasteiger partial charge in [-0.2, -0.15) is 0 Å². The molecule has 0 saturated carbocycles. The van der Waals surface area contributed by atoms with Crippen LogP contribution in [-0.2, 0) is 11.3 Å². The van der Waals surface area contributed by atoms with Crippen LogP contribution < -0.4 is 10.5 Å². The van der Waals surface area contributed by atoms with Gasteiger partial charge in [-0.1, -0.05) is 12.1 Å². The minimum atomic E-state index is -0.0651. The molecule has 2 heterocycles. The Hall–Kier alpha value is -2.44. The van der Waals surface area contributed by atoms with Crippen molar-refractivity contribution < 1.29 is 14.3 Å². The van der Waals surface area contributed by atoms with Gasteiger partial charge in [-0.3, -0.25) is 4.79 Å². The molecule has 0 spiro atoms. The summed E-state index contributed by atoms with van der Waals surface area (Å²) in [6.07, 6.45) is 0. The average Bonchev–Trinajstić information content (AvgIpc) is 2.67. The summed E-state index contributed by atoms with van der Waals surface area (Å²) in [5.41, 5.74) is 10.0. The van der Waals surface area contributed by atoms with Crippen LogP contribution >= 0.6 is 0 Å². The number of pyridine rings is 1. The highest BCUT2D eigenvalue weighted by atomic mass is 16.5. The standard InChI is InChI=1S/C19H23N3O3/c1-13-17(12-20)16(14-3-5-15(24-2)6-4-14)11-18(21-13)19(23)22-7-9-25-10-8-22/h3-6,11H,7-10,12,20H2,1-2H3. The van der Waals surface area contributed by atoms with Gasteiger partial charge in [-0.25, -0.2) is 4.98 Å². The number of aryl methyl sites for hydroxylation is 1. The molecule has 3 rings (SSSR count). The van der Waals surface area contributed by atoms with E-state index in [1.54, 1.807) is 12.0 Å². The third kappa shape index (κ3) is 3.65. The van der Waals surface area contributed by atoms with E-state index in [4.69, 9.17) is 15.2 Å². The Morgan fingerprint density at radius 3 is 2.56 bits per heavy atom. The number of aromatic nitrogens is 1. The molecule has 1 saturated heterocycles. The molecular formula is C19H23N3O3. The van der Waals surface area contributed by atoms with Crippen LogP contribution in [0.3, 0.4) is 0 Å². The monoisotopic (exact) mass is 341 g/mol. The molecule has 1 aliphatic heterocycles. The van der Waals surface area contributed by atoms with E-state index < -0.39 is 0 Å². The van der Waals surface area contributed by atoms with Crippen LogP contribution in [0.2, 0.25) is 0 Å². The van der Waals surface area contributed by atoms with Gasteiger partial charge in [0.1, 0.15) is 11.4 Å². The lowest BCUT2D eigenvalue weighted by atomic mass is 9.97. The number of benzene rings is 1. The zero-order valence-electron chi connectivity index (χ0n) is 14.6. The van der Waals surface area contributed by atoms with E-state index in [0.717, 1.165) is 28.1 Å². The van der Waals surface area contributed by atoms with Crippen molar-refractivity contribution in [2.75, 3.05) is 33.4 Å². The second-order valence-electron chi connectivity index (χ2n) is 5.96. The van der Waals surface area contributed by atoms with E-state index >= 15 is 0 Å². The van der Waals surface area contributed by atoms with E-state index in [0.29, 0.717) is 38.5 Å². The lowest BCUT2D eigenvalue weighted by molar-refractivity contribution is 0.0299. The number of carbonyl (C=O) groups excluding carboxylic acids is 1. The van der Waals surface area contributed by atoms with Gasteiger partial charge in [0.15, 0.2) is 0 Å². The fourth-order valence-electron chi connectivity index (χ4n) is 3.02. The number of hydrogen-bond donors (Lipinski definition) is 1. The number of rotatable bonds is 4. The molecular weight excluding hydrogens is 318 g/mol. The van der Waals surface area contributed by atoms with Crippen LogP contribution in [0.25, 0.3) is 11.1 Å². The first-order valence-electron chi connectivity index (χ1n) is 8.36. The molecule has 1 aromatic heterocycles. The lowest BCUT2D eigenvalue weighted by Crippen LogP contribution is -2.41. The van der Waals surface area contributed by atoms with Crippen LogP contribution in [0.4, 0.5) is 0 Å². The number of carbonyl (C=O) groups is 1. The second kappa shape index (κ2) is 7.63. The van der Waals surface area contributed by atoms with Gasteiger partial charge in [0, 0.05) is 25.3 Å². The number of methoxy groups -OCH3 is 1. The molecule has 2 aromatic rings. The Bertz CT molecular complexity index is 753. The third-order valence-electron chi connectivity index (χ3n) is 4.45. The van der Waals surface area contributed by atoms with Crippen LogP contribution in [-0.4, -0.2) is 49.2 Å². The maximum Gasteiger partial charge on any atom is 0.272 e. The van der Waals surface area contributed by atoms with Crippen molar-refractivity contribution in [2.45, 2.75) is 13.5 Å². The Morgan fingerprint density at radius 2 is 1.96 bits per heavy atom. The van der Waals surface area contributed by atoms with Gasteiger partial charge < -0.3 is 20.1 Å². The molecule has 0 bridgehead atoms. The fraction of sp³-hybridized carbons (Fsp3) is 0.368. The highest BCUT2D eigenvalue weighted by Gasteiger charge is 2.22. The summed E-state index contributed by atoms with van der Waals surface area (Å²) in [6, 6.07) is 9.57. The smallest absolute Gasteiger partial charge is 0.272 e. The first-order valence-corrected chi connectivity index (χ1v) is 8.36. The topological polar surface area (TPSA) is 77.7 Å². The largest absolute Gasteiger partial charge is 0.497 e. The molecule has 1 amide bonds. The van der Waals surface area contributed by atoms with Crippen LogP contribution in [0.15, 0.2) is 30.3 Å². The van der Waals surface area contributed by atoms with Crippen LogP contribution in [0.1, 0.15) is 21.7 Å². The van der Waals surface area contributed by atoms with Crippen molar-refractivity contribution >= 4 is 5.91 Å². The van der Waals surface area contributed by atoms with Crippen molar-refractivity contribution in [1.29, 1.82) is 0 Å². The Balaban J connectivity index is 2.00. The molecule has 0 radical (unpaired) electrons. The summed E-state index contributed by atoms with van der Waals surface area (Å²) in [7, 11) is 1.63. The van der Waals surface area contributed by atoms with E-state index in [-0.39, 0.29) is 5.91 Å². The molecule has 25 heavy (non-hydrogen) atoms. The summed E-state index contributed by atoms with van der Waals surface area (Å²) in [4.78, 5) is 19.1. The molecule has 0 aliphatic carbocycles. The molecule has 132 valence electrons. The highest BCUT2D eigenvalue weighted by Crippen LogP contribution is 2.28. The highest BCUT2D eigenvalue weighted by molar-refractivity contribution is 5.94. The zero-order chi connectivity index (χ0) is 17.8. The minimum absolute atomic E-state index is 0.0651. The number of nitrogens with two attached hydrogens (primary N) is 1. The van der Waals surface area contributed by atoms with Crippen LogP contribution in [0, 0.1) is 6.92 Å². The Kier molecular flexibility index (Phi) is 5.31.